The summed E-state index contributed by atoms with van der Waals surface area (Å²) in [6.45, 7) is 0. The van der Waals surface area contributed by atoms with Gasteiger partial charge >= 0.3 is 5.97 Å². The van der Waals surface area contributed by atoms with Gasteiger partial charge in [-0.25, -0.2) is 0 Å². The van der Waals surface area contributed by atoms with Crippen molar-refractivity contribution in [1.82, 2.24) is 6.15 Å². The SMILES string of the molecule is N.NC(C(=O)O)c1ccccc1. The fourth-order valence-corrected chi connectivity index (χ4v) is 0.803. The van der Waals surface area contributed by atoms with Crippen LogP contribution in [0.3, 0.4) is 0 Å². The third-order valence-corrected chi connectivity index (χ3v) is 1.42. The highest BCUT2D eigenvalue weighted by atomic mass is 16.4. The molecule has 1 unspecified atom stereocenters. The highest BCUT2D eigenvalue weighted by Gasteiger charge is 2.12. The molecule has 0 aromatic heterocycles. The summed E-state index contributed by atoms with van der Waals surface area (Å²) in [4.78, 5) is 10.4. The molecule has 0 radical (unpaired) electrons. The maximum Gasteiger partial charge on any atom is 0.325 e. The number of benzene rings is 1. The van der Waals surface area contributed by atoms with Gasteiger partial charge in [-0.1, -0.05) is 30.3 Å². The quantitative estimate of drug-likeness (QED) is 0.611. The van der Waals surface area contributed by atoms with Crippen LogP contribution >= 0.6 is 0 Å². The van der Waals surface area contributed by atoms with Gasteiger partial charge in [0.25, 0.3) is 0 Å². The number of hydrogen-bond donors (Lipinski definition) is 3. The summed E-state index contributed by atoms with van der Waals surface area (Å²) in [5.74, 6) is -1.00. The fourth-order valence-electron chi connectivity index (χ4n) is 0.803. The second kappa shape index (κ2) is 4.48. The van der Waals surface area contributed by atoms with Gasteiger partial charge in [-0.15, -0.1) is 0 Å². The molecule has 0 amide bonds. The third-order valence-electron chi connectivity index (χ3n) is 1.42. The molecule has 0 bridgehead atoms. The van der Waals surface area contributed by atoms with Gasteiger partial charge < -0.3 is 17.0 Å². The Balaban J connectivity index is 0.00000121. The van der Waals surface area contributed by atoms with Crippen LogP contribution in [0.1, 0.15) is 11.6 Å². The van der Waals surface area contributed by atoms with Crippen molar-refractivity contribution in [3.8, 4) is 0 Å². The Kier molecular flexibility index (Phi) is 3.96. The molecule has 4 heteroatoms. The molecule has 0 aliphatic heterocycles. The van der Waals surface area contributed by atoms with Crippen molar-refractivity contribution in [3.05, 3.63) is 35.9 Å². The van der Waals surface area contributed by atoms with Gasteiger partial charge in [0.2, 0.25) is 0 Å². The largest absolute Gasteiger partial charge is 0.480 e. The van der Waals surface area contributed by atoms with Crippen LogP contribution in [0.4, 0.5) is 0 Å². The van der Waals surface area contributed by atoms with E-state index >= 15 is 0 Å². The average Bonchev–Trinajstić information content (AvgIpc) is 2.05. The molecular weight excluding hydrogens is 156 g/mol. The topological polar surface area (TPSA) is 98.3 Å². The van der Waals surface area contributed by atoms with E-state index in [1.165, 1.54) is 0 Å². The van der Waals surface area contributed by atoms with Gasteiger partial charge in [0.05, 0.1) is 0 Å². The monoisotopic (exact) mass is 168 g/mol. The Labute approximate surface area is 70.6 Å². The Morgan fingerprint density at radius 1 is 1.33 bits per heavy atom. The first-order valence-electron chi connectivity index (χ1n) is 3.25. The lowest BCUT2D eigenvalue weighted by Crippen LogP contribution is -2.20. The Bertz CT molecular complexity index is 248. The standard InChI is InChI=1S/C8H9NO2.H3N/c9-7(8(10)11)6-4-2-1-3-5-6;/h1-5,7H,9H2,(H,10,11);1H3. The molecule has 0 saturated heterocycles. The summed E-state index contributed by atoms with van der Waals surface area (Å²) >= 11 is 0. The summed E-state index contributed by atoms with van der Waals surface area (Å²) in [6, 6.07) is 7.82. The number of rotatable bonds is 2. The van der Waals surface area contributed by atoms with Gasteiger partial charge in [0.1, 0.15) is 6.04 Å². The number of aliphatic carboxylic acids is 1. The number of nitrogens with two attached hydrogens (primary N) is 1. The van der Waals surface area contributed by atoms with Crippen LogP contribution in [-0.2, 0) is 4.79 Å². The summed E-state index contributed by atoms with van der Waals surface area (Å²) in [5, 5.41) is 8.51. The maximum absolute atomic E-state index is 10.4. The lowest BCUT2D eigenvalue weighted by Gasteiger charge is -2.04. The lowest BCUT2D eigenvalue weighted by molar-refractivity contribution is -0.138. The molecule has 1 aromatic rings. The molecule has 1 rings (SSSR count). The van der Waals surface area contributed by atoms with Gasteiger partial charge in [-0.2, -0.15) is 0 Å². The normalized spacial score (nSPS) is 11.4. The first kappa shape index (κ1) is 10.6. The summed E-state index contributed by atoms with van der Waals surface area (Å²) in [7, 11) is 0. The molecule has 0 heterocycles. The summed E-state index contributed by atoms with van der Waals surface area (Å²) in [5.41, 5.74) is 5.96. The number of carboxylic acids is 1. The lowest BCUT2D eigenvalue weighted by atomic mass is 10.1. The van der Waals surface area contributed by atoms with E-state index in [0.29, 0.717) is 5.56 Å². The molecule has 66 valence electrons. The molecule has 0 aliphatic carbocycles. The van der Waals surface area contributed by atoms with E-state index in [1.807, 2.05) is 6.07 Å². The van der Waals surface area contributed by atoms with Crippen molar-refractivity contribution in [2.75, 3.05) is 0 Å². The zero-order chi connectivity index (χ0) is 8.27. The highest BCUT2D eigenvalue weighted by molar-refractivity contribution is 5.75. The van der Waals surface area contributed by atoms with E-state index in [9.17, 15) is 4.79 Å². The van der Waals surface area contributed by atoms with Crippen molar-refractivity contribution in [3.63, 3.8) is 0 Å². The Morgan fingerprint density at radius 3 is 2.25 bits per heavy atom. The second-order valence-electron chi connectivity index (χ2n) is 2.23. The van der Waals surface area contributed by atoms with E-state index in [2.05, 4.69) is 0 Å². The molecule has 4 nitrogen and oxygen atoms in total. The predicted octanol–water partition coefficient (Wildman–Crippen LogP) is 0.933. The van der Waals surface area contributed by atoms with Crippen molar-refractivity contribution < 1.29 is 9.90 Å². The number of hydrogen-bond acceptors (Lipinski definition) is 3. The molecular formula is C8H12N2O2. The van der Waals surface area contributed by atoms with Gasteiger partial charge in [0, 0.05) is 0 Å². The third kappa shape index (κ3) is 2.34. The summed E-state index contributed by atoms with van der Waals surface area (Å²) in [6.07, 6.45) is 0. The van der Waals surface area contributed by atoms with E-state index in [0.717, 1.165) is 0 Å². The highest BCUT2D eigenvalue weighted by Crippen LogP contribution is 2.08. The smallest absolute Gasteiger partial charge is 0.325 e. The van der Waals surface area contributed by atoms with Crippen molar-refractivity contribution in [1.29, 1.82) is 0 Å². The minimum Gasteiger partial charge on any atom is -0.480 e. The van der Waals surface area contributed by atoms with Crippen LogP contribution in [-0.4, -0.2) is 11.1 Å². The van der Waals surface area contributed by atoms with E-state index < -0.39 is 12.0 Å². The van der Waals surface area contributed by atoms with Crippen LogP contribution < -0.4 is 11.9 Å². The zero-order valence-corrected chi connectivity index (χ0v) is 6.60. The molecule has 0 spiro atoms. The Morgan fingerprint density at radius 2 is 1.83 bits per heavy atom. The van der Waals surface area contributed by atoms with Gasteiger partial charge in [-0.3, -0.25) is 4.79 Å². The van der Waals surface area contributed by atoms with Crippen LogP contribution in [0.15, 0.2) is 30.3 Å². The molecule has 0 saturated carbocycles. The maximum atomic E-state index is 10.4. The van der Waals surface area contributed by atoms with E-state index in [1.54, 1.807) is 24.3 Å². The molecule has 1 atom stereocenters. The van der Waals surface area contributed by atoms with Gasteiger partial charge in [0.15, 0.2) is 0 Å². The molecule has 12 heavy (non-hydrogen) atoms. The first-order chi connectivity index (χ1) is 5.22. The Hall–Kier alpha value is -1.39. The number of carbonyl (C=O) groups is 1. The van der Waals surface area contributed by atoms with Gasteiger partial charge in [-0.05, 0) is 5.56 Å². The van der Waals surface area contributed by atoms with E-state index in [-0.39, 0.29) is 6.15 Å². The predicted molar refractivity (Wildman–Crippen MR) is 46.0 cm³/mol. The molecule has 0 aliphatic rings. The fraction of sp³-hybridized carbons (Fsp3) is 0.125. The number of carboxylic acid groups (broad SMARTS) is 1. The van der Waals surface area contributed by atoms with Crippen LogP contribution in [0, 0.1) is 0 Å². The van der Waals surface area contributed by atoms with Crippen molar-refractivity contribution in [2.45, 2.75) is 6.04 Å². The van der Waals surface area contributed by atoms with Crippen LogP contribution in [0.5, 0.6) is 0 Å². The molecule has 0 fully saturated rings. The van der Waals surface area contributed by atoms with Crippen molar-refractivity contribution >= 4 is 5.97 Å². The molecule has 1 aromatic carbocycles. The molecule has 6 N–H and O–H groups in total. The zero-order valence-electron chi connectivity index (χ0n) is 6.60. The van der Waals surface area contributed by atoms with Crippen molar-refractivity contribution in [2.24, 2.45) is 5.73 Å². The average molecular weight is 168 g/mol. The first-order valence-corrected chi connectivity index (χ1v) is 3.25. The second-order valence-corrected chi connectivity index (χ2v) is 2.23. The van der Waals surface area contributed by atoms with Crippen LogP contribution in [0.25, 0.3) is 0 Å². The minimum atomic E-state index is -1.00. The summed E-state index contributed by atoms with van der Waals surface area (Å²) < 4.78 is 0. The van der Waals surface area contributed by atoms with Crippen LogP contribution in [0.2, 0.25) is 0 Å². The minimum absolute atomic E-state index is 0. The van der Waals surface area contributed by atoms with E-state index in [4.69, 9.17) is 10.8 Å².